The van der Waals surface area contributed by atoms with Crippen LogP contribution in [0.5, 0.6) is 0 Å². The number of carbonyl (C=O) groups excluding carboxylic acids is 1. The van der Waals surface area contributed by atoms with Crippen LogP contribution in [0, 0.1) is 6.92 Å². The monoisotopic (exact) mass is 541 g/mol. The van der Waals surface area contributed by atoms with Crippen LogP contribution in [0.1, 0.15) is 27.6 Å². The number of benzene rings is 1. The van der Waals surface area contributed by atoms with Gasteiger partial charge in [0.05, 0.1) is 16.4 Å². The molecule has 0 aliphatic heterocycles. The van der Waals surface area contributed by atoms with E-state index in [0.29, 0.717) is 10.4 Å². The number of hydrogen-bond acceptors (Lipinski definition) is 8. The van der Waals surface area contributed by atoms with Crippen molar-refractivity contribution in [2.75, 3.05) is 5.32 Å². The van der Waals surface area contributed by atoms with Crippen molar-refractivity contribution in [2.45, 2.75) is 24.5 Å². The molecule has 3 aromatic heterocycles. The quantitative estimate of drug-likeness (QED) is 0.375. The van der Waals surface area contributed by atoms with Crippen LogP contribution in [0.2, 0.25) is 5.02 Å². The van der Waals surface area contributed by atoms with Gasteiger partial charge in [-0.05, 0) is 42.0 Å². The van der Waals surface area contributed by atoms with E-state index in [9.17, 15) is 26.4 Å². The summed E-state index contributed by atoms with van der Waals surface area (Å²) in [7, 11) is -4.19. The van der Waals surface area contributed by atoms with Gasteiger partial charge in [-0.1, -0.05) is 23.7 Å². The van der Waals surface area contributed by atoms with E-state index in [1.165, 1.54) is 30.5 Å². The number of nitrogens with zero attached hydrogens (tertiary/aromatic N) is 7. The molecule has 0 radical (unpaired) electrons. The zero-order valence-corrected chi connectivity index (χ0v) is 19.7. The van der Waals surface area contributed by atoms with Crippen molar-refractivity contribution in [3.8, 4) is 5.82 Å². The van der Waals surface area contributed by atoms with Crippen LogP contribution in [0.4, 0.5) is 18.9 Å². The Labute approximate surface area is 205 Å². The summed E-state index contributed by atoms with van der Waals surface area (Å²) in [6, 6.07) is 8.52. The van der Waals surface area contributed by atoms with Crippen LogP contribution in [-0.4, -0.2) is 49.3 Å². The average Bonchev–Trinajstić information content (AvgIpc) is 3.42. The lowest BCUT2D eigenvalue weighted by atomic mass is 10.2. The second kappa shape index (κ2) is 9.29. The molecular formula is C19H15ClF3N9O3S. The maximum Gasteiger partial charge on any atom is 0.455 e. The predicted octanol–water partition coefficient (Wildman–Crippen LogP) is 2.18. The van der Waals surface area contributed by atoms with Crippen LogP contribution in [0.25, 0.3) is 5.82 Å². The second-order valence-electron chi connectivity index (χ2n) is 7.33. The van der Waals surface area contributed by atoms with Crippen LogP contribution in [0.3, 0.4) is 0 Å². The summed E-state index contributed by atoms with van der Waals surface area (Å²) in [5.41, 5.74) is 0.248. The van der Waals surface area contributed by atoms with E-state index in [1.807, 2.05) is 0 Å². The van der Waals surface area contributed by atoms with Crippen LogP contribution in [-0.2, 0) is 22.7 Å². The van der Waals surface area contributed by atoms with Crippen molar-refractivity contribution < 1.29 is 26.4 Å². The fraction of sp³-hybridized carbons (Fsp3) is 0.158. The van der Waals surface area contributed by atoms with Gasteiger partial charge in [0.15, 0.2) is 5.82 Å². The number of tetrazole rings is 1. The van der Waals surface area contributed by atoms with E-state index < -0.39 is 27.9 Å². The largest absolute Gasteiger partial charge is 0.455 e. The molecule has 0 bridgehead atoms. The summed E-state index contributed by atoms with van der Waals surface area (Å²) in [4.78, 5) is 17.7. The highest BCUT2D eigenvalue weighted by Crippen LogP contribution is 2.27. The highest BCUT2D eigenvalue weighted by molar-refractivity contribution is 7.89. The first-order valence-corrected chi connectivity index (χ1v) is 11.8. The second-order valence-corrected chi connectivity index (χ2v) is 9.27. The van der Waals surface area contributed by atoms with Crippen molar-refractivity contribution in [3.05, 3.63) is 70.4 Å². The number of nitrogens with two attached hydrogens (primary N) is 1. The number of amides is 1. The van der Waals surface area contributed by atoms with Gasteiger partial charge in [-0.2, -0.15) is 23.1 Å². The molecule has 4 aromatic rings. The van der Waals surface area contributed by atoms with Crippen molar-refractivity contribution in [2.24, 2.45) is 5.14 Å². The molecule has 4 rings (SSSR count). The molecule has 0 aliphatic rings. The van der Waals surface area contributed by atoms with Gasteiger partial charge >= 0.3 is 6.18 Å². The lowest BCUT2D eigenvalue weighted by Crippen LogP contribution is -2.21. The zero-order valence-electron chi connectivity index (χ0n) is 18.1. The van der Waals surface area contributed by atoms with Gasteiger partial charge in [0.25, 0.3) is 11.7 Å². The standard InChI is InChI=1S/C19H15ClF3N9O3S/c1-10-4-2-6-14(36(24,34)35)15(10)26-17(33)13-8-11(9-31-29-18(27-30-31)19(21,22)23)28-32(13)16-12(20)5-3-7-25-16/h2-8H,9H2,1H3,(H,26,33)(H2,24,34,35). The molecule has 3 heterocycles. The maximum absolute atomic E-state index is 13.3. The average molecular weight is 542 g/mol. The van der Waals surface area contributed by atoms with Crippen LogP contribution in [0.15, 0.2) is 47.5 Å². The molecule has 3 N–H and O–H groups in total. The number of hydrogen-bond donors (Lipinski definition) is 2. The molecule has 36 heavy (non-hydrogen) atoms. The number of anilines is 1. The van der Waals surface area contributed by atoms with Gasteiger partial charge in [0.2, 0.25) is 10.0 Å². The summed E-state index contributed by atoms with van der Waals surface area (Å²) in [6.07, 6.45) is -3.40. The number of nitrogens with one attached hydrogen (secondary N) is 1. The third-order valence-corrected chi connectivity index (χ3v) is 5.97. The molecule has 17 heteroatoms. The minimum Gasteiger partial charge on any atom is -0.319 e. The Morgan fingerprint density at radius 1 is 1.19 bits per heavy atom. The van der Waals surface area contributed by atoms with Crippen LogP contribution >= 0.6 is 11.6 Å². The number of rotatable bonds is 6. The molecule has 0 aliphatic carbocycles. The van der Waals surface area contributed by atoms with Gasteiger partial charge in [-0.3, -0.25) is 4.79 Å². The molecule has 0 fully saturated rings. The first-order chi connectivity index (χ1) is 16.8. The molecule has 0 saturated carbocycles. The molecular weight excluding hydrogens is 527 g/mol. The number of halogens is 4. The summed E-state index contributed by atoms with van der Waals surface area (Å²) >= 11 is 6.21. The van der Waals surface area contributed by atoms with Crippen molar-refractivity contribution in [1.82, 2.24) is 35.0 Å². The number of primary sulfonamides is 1. The number of aromatic nitrogens is 7. The highest BCUT2D eigenvalue weighted by Gasteiger charge is 2.37. The minimum atomic E-state index is -4.79. The molecule has 188 valence electrons. The minimum absolute atomic E-state index is 0.0366. The normalized spacial score (nSPS) is 12.1. The van der Waals surface area contributed by atoms with E-state index in [0.717, 1.165) is 4.68 Å². The Morgan fingerprint density at radius 2 is 1.94 bits per heavy atom. The van der Waals surface area contributed by atoms with Gasteiger partial charge in [0, 0.05) is 6.20 Å². The van der Waals surface area contributed by atoms with E-state index in [-0.39, 0.29) is 39.4 Å². The summed E-state index contributed by atoms with van der Waals surface area (Å²) in [5, 5.41) is 21.7. The molecule has 0 saturated heterocycles. The van der Waals surface area contributed by atoms with Gasteiger partial charge < -0.3 is 5.32 Å². The third kappa shape index (κ3) is 5.19. The van der Waals surface area contributed by atoms with Crippen molar-refractivity contribution >= 4 is 33.2 Å². The fourth-order valence-electron chi connectivity index (χ4n) is 3.15. The number of sulfonamides is 1. The van der Waals surface area contributed by atoms with Gasteiger partial charge in [-0.15, -0.1) is 10.2 Å². The predicted molar refractivity (Wildman–Crippen MR) is 119 cm³/mol. The summed E-state index contributed by atoms with van der Waals surface area (Å²) < 4.78 is 63.5. The van der Waals surface area contributed by atoms with Crippen molar-refractivity contribution in [3.63, 3.8) is 0 Å². The Bertz CT molecular complexity index is 1570. The Kier molecular flexibility index (Phi) is 6.50. The molecule has 1 aromatic carbocycles. The smallest absolute Gasteiger partial charge is 0.319 e. The highest BCUT2D eigenvalue weighted by atomic mass is 35.5. The summed E-state index contributed by atoms with van der Waals surface area (Å²) in [6.45, 7) is 1.19. The van der Waals surface area contributed by atoms with E-state index in [2.05, 4.69) is 30.8 Å². The Morgan fingerprint density at radius 3 is 2.58 bits per heavy atom. The van der Waals surface area contributed by atoms with Crippen molar-refractivity contribution in [1.29, 1.82) is 0 Å². The van der Waals surface area contributed by atoms with E-state index in [4.69, 9.17) is 16.7 Å². The van der Waals surface area contributed by atoms with Gasteiger partial charge in [0.1, 0.15) is 17.1 Å². The fourth-order valence-corrected chi connectivity index (χ4v) is 4.11. The number of alkyl halides is 3. The number of para-hydroxylation sites is 1. The molecule has 0 spiro atoms. The van der Waals surface area contributed by atoms with E-state index in [1.54, 1.807) is 19.1 Å². The van der Waals surface area contributed by atoms with Gasteiger partial charge in [-0.25, -0.2) is 23.2 Å². The Hall–Kier alpha value is -3.89. The van der Waals surface area contributed by atoms with Crippen LogP contribution < -0.4 is 10.5 Å². The zero-order chi connectivity index (χ0) is 26.3. The lowest BCUT2D eigenvalue weighted by Gasteiger charge is -2.13. The Balaban J connectivity index is 1.76. The summed E-state index contributed by atoms with van der Waals surface area (Å²) in [5.74, 6) is -2.23. The number of pyridine rings is 1. The van der Waals surface area contributed by atoms with E-state index >= 15 is 0 Å². The number of aryl methyl sites for hydroxylation is 1. The first-order valence-electron chi connectivity index (χ1n) is 9.83. The maximum atomic E-state index is 13.3. The molecule has 0 atom stereocenters. The topological polar surface area (TPSA) is 164 Å². The molecule has 12 nitrogen and oxygen atoms in total. The third-order valence-electron chi connectivity index (χ3n) is 4.72. The number of carbonyl (C=O) groups is 1. The molecule has 1 amide bonds. The first kappa shape index (κ1) is 25.2. The SMILES string of the molecule is Cc1cccc(S(N)(=O)=O)c1NC(=O)c1cc(Cn2nnc(C(F)(F)F)n2)nn1-c1ncccc1Cl. The lowest BCUT2D eigenvalue weighted by molar-refractivity contribution is -0.145. The molecule has 0 unspecified atom stereocenters.